The lowest BCUT2D eigenvalue weighted by molar-refractivity contribution is 0.0603. The first-order chi connectivity index (χ1) is 7.13. The van der Waals surface area contributed by atoms with Crippen molar-refractivity contribution < 1.29 is 9.53 Å². The van der Waals surface area contributed by atoms with Crippen molar-refractivity contribution in [3.05, 3.63) is 26.5 Å². The Labute approximate surface area is 104 Å². The monoisotopic (exact) mass is 336 g/mol. The van der Waals surface area contributed by atoms with E-state index in [1.807, 2.05) is 0 Å². The number of hydrogen-bond donors (Lipinski definition) is 1. The molecule has 0 spiro atoms. The first-order valence-electron chi connectivity index (χ1n) is 4.05. The number of carbonyl (C=O) groups is 1. The Morgan fingerprint density at radius 3 is 3.07 bits per heavy atom. The molecule has 0 saturated heterocycles. The van der Waals surface area contributed by atoms with Crippen molar-refractivity contribution in [2.24, 2.45) is 0 Å². The number of fused-ring (bicyclic) bond motifs is 1. The third-order valence-electron chi connectivity index (χ3n) is 1.97. The molecule has 2 heterocycles. The van der Waals surface area contributed by atoms with Crippen LogP contribution in [0.5, 0.6) is 0 Å². The Morgan fingerprint density at radius 2 is 2.40 bits per heavy atom. The van der Waals surface area contributed by atoms with Crippen LogP contribution in [-0.4, -0.2) is 23.0 Å². The fourth-order valence-corrected chi connectivity index (χ4v) is 2.23. The van der Waals surface area contributed by atoms with E-state index in [-0.39, 0.29) is 5.15 Å². The van der Waals surface area contributed by atoms with Crippen molar-refractivity contribution >= 4 is 51.2 Å². The Hall–Kier alpha value is -0.820. The van der Waals surface area contributed by atoms with Crippen LogP contribution in [0.3, 0.4) is 0 Å². The summed E-state index contributed by atoms with van der Waals surface area (Å²) < 4.78 is 5.59. The number of aromatic nitrogens is 2. The molecule has 0 aromatic carbocycles. The summed E-state index contributed by atoms with van der Waals surface area (Å²) in [6.45, 7) is 0. The molecule has 4 nitrogen and oxygen atoms in total. The molecule has 6 heteroatoms. The van der Waals surface area contributed by atoms with Crippen LogP contribution in [0.15, 0.2) is 12.3 Å². The molecule has 0 amide bonds. The minimum atomic E-state index is -0.415. The number of ether oxygens (including phenoxy) is 1. The third-order valence-corrected chi connectivity index (χ3v) is 3.01. The molecule has 0 saturated carbocycles. The van der Waals surface area contributed by atoms with E-state index in [9.17, 15) is 4.79 Å². The Bertz CT molecular complexity index is 538. The number of pyridine rings is 1. The van der Waals surface area contributed by atoms with Crippen LogP contribution in [-0.2, 0) is 4.74 Å². The number of nitrogens with zero attached hydrogens (tertiary/aromatic N) is 1. The van der Waals surface area contributed by atoms with Gasteiger partial charge < -0.3 is 9.72 Å². The van der Waals surface area contributed by atoms with Gasteiger partial charge >= 0.3 is 5.97 Å². The normalized spacial score (nSPS) is 10.6. The highest BCUT2D eigenvalue weighted by Gasteiger charge is 2.16. The summed E-state index contributed by atoms with van der Waals surface area (Å²) in [5.41, 5.74) is 1.02. The summed E-state index contributed by atoms with van der Waals surface area (Å²) >= 11 is 7.91. The highest BCUT2D eigenvalue weighted by Crippen LogP contribution is 2.25. The van der Waals surface area contributed by atoms with Crippen LogP contribution < -0.4 is 0 Å². The van der Waals surface area contributed by atoms with Crippen LogP contribution in [0, 0.1) is 3.57 Å². The lowest BCUT2D eigenvalue weighted by atomic mass is 10.2. The van der Waals surface area contributed by atoms with Gasteiger partial charge in [0.2, 0.25) is 0 Å². The maximum absolute atomic E-state index is 11.5. The van der Waals surface area contributed by atoms with Gasteiger partial charge in [-0.15, -0.1) is 0 Å². The van der Waals surface area contributed by atoms with Crippen molar-refractivity contribution in [3.63, 3.8) is 0 Å². The fraction of sp³-hybridized carbons (Fsp3) is 0.111. The van der Waals surface area contributed by atoms with Gasteiger partial charge in [0.15, 0.2) is 0 Å². The summed E-state index contributed by atoms with van der Waals surface area (Å²) in [5, 5.41) is 1.01. The Morgan fingerprint density at radius 1 is 1.67 bits per heavy atom. The van der Waals surface area contributed by atoms with Crippen LogP contribution in [0.4, 0.5) is 0 Å². The van der Waals surface area contributed by atoms with Gasteiger partial charge in [0.05, 0.1) is 12.7 Å². The van der Waals surface area contributed by atoms with Gasteiger partial charge in [0.25, 0.3) is 0 Å². The lowest BCUT2D eigenvalue weighted by Crippen LogP contribution is -2.02. The van der Waals surface area contributed by atoms with E-state index in [0.29, 0.717) is 11.2 Å². The second-order valence-corrected chi connectivity index (χ2v) is 4.39. The van der Waals surface area contributed by atoms with Gasteiger partial charge in [-0.05, 0) is 28.7 Å². The number of rotatable bonds is 1. The zero-order valence-electron chi connectivity index (χ0n) is 7.67. The molecule has 0 bridgehead atoms. The summed E-state index contributed by atoms with van der Waals surface area (Å²) in [6.07, 6.45) is 1.76. The highest BCUT2D eigenvalue weighted by atomic mass is 127. The van der Waals surface area contributed by atoms with E-state index >= 15 is 0 Å². The summed E-state index contributed by atoms with van der Waals surface area (Å²) in [7, 11) is 1.34. The van der Waals surface area contributed by atoms with Crippen LogP contribution in [0.2, 0.25) is 5.15 Å². The molecular formula is C9H6ClIN2O2. The predicted octanol–water partition coefficient (Wildman–Crippen LogP) is 2.61. The molecule has 0 radical (unpaired) electrons. The van der Waals surface area contributed by atoms with Gasteiger partial charge in [-0.3, -0.25) is 0 Å². The number of aromatic amines is 1. The highest BCUT2D eigenvalue weighted by molar-refractivity contribution is 14.1. The van der Waals surface area contributed by atoms with E-state index in [4.69, 9.17) is 11.6 Å². The summed E-state index contributed by atoms with van der Waals surface area (Å²) in [5.74, 6) is -0.415. The average molecular weight is 337 g/mol. The van der Waals surface area contributed by atoms with Gasteiger partial charge in [0.1, 0.15) is 10.8 Å². The minimum Gasteiger partial charge on any atom is -0.465 e. The molecule has 78 valence electrons. The van der Waals surface area contributed by atoms with Gasteiger partial charge in [-0.25, -0.2) is 9.78 Å². The fourth-order valence-electron chi connectivity index (χ4n) is 1.33. The maximum Gasteiger partial charge on any atom is 0.338 e. The van der Waals surface area contributed by atoms with Crippen LogP contribution in [0.25, 0.3) is 11.0 Å². The van der Waals surface area contributed by atoms with E-state index < -0.39 is 5.97 Å². The van der Waals surface area contributed by atoms with Crippen molar-refractivity contribution in [2.75, 3.05) is 7.11 Å². The van der Waals surface area contributed by atoms with Crippen molar-refractivity contribution in [1.29, 1.82) is 0 Å². The van der Waals surface area contributed by atoms with E-state index in [1.165, 1.54) is 13.2 Å². The number of halogens is 2. The molecule has 0 unspecified atom stereocenters. The number of hydrogen-bond acceptors (Lipinski definition) is 3. The lowest BCUT2D eigenvalue weighted by Gasteiger charge is -2.02. The Balaban J connectivity index is 2.80. The molecule has 0 aliphatic heterocycles. The van der Waals surface area contributed by atoms with Gasteiger partial charge in [0, 0.05) is 15.2 Å². The van der Waals surface area contributed by atoms with E-state index in [0.717, 1.165) is 8.96 Å². The molecule has 1 N–H and O–H groups in total. The second-order valence-electron chi connectivity index (χ2n) is 2.84. The average Bonchev–Trinajstić information content (AvgIpc) is 2.58. The molecule has 15 heavy (non-hydrogen) atoms. The molecule has 2 aromatic rings. The van der Waals surface area contributed by atoms with Gasteiger partial charge in [-0.2, -0.15) is 0 Å². The first-order valence-corrected chi connectivity index (χ1v) is 5.50. The third kappa shape index (κ3) is 1.81. The number of nitrogens with one attached hydrogen (secondary N) is 1. The standard InChI is InChI=1S/C9H6ClIN2O2/c1-15-9(14)4-2-6(10)13-8-7(4)5(11)3-12-8/h2-3H,1H3,(H,12,13). The molecular weight excluding hydrogens is 330 g/mol. The van der Waals surface area contributed by atoms with E-state index in [1.54, 1.807) is 6.20 Å². The van der Waals surface area contributed by atoms with Crippen molar-refractivity contribution in [2.45, 2.75) is 0 Å². The molecule has 0 fully saturated rings. The molecule has 2 aromatic heterocycles. The maximum atomic E-state index is 11.5. The van der Waals surface area contributed by atoms with Crippen LogP contribution >= 0.6 is 34.2 Å². The zero-order chi connectivity index (χ0) is 11.0. The number of methoxy groups -OCH3 is 1. The number of carbonyl (C=O) groups excluding carboxylic acids is 1. The van der Waals surface area contributed by atoms with Crippen molar-refractivity contribution in [3.8, 4) is 0 Å². The Kier molecular flexibility index (Phi) is 2.83. The van der Waals surface area contributed by atoms with Crippen molar-refractivity contribution in [1.82, 2.24) is 9.97 Å². The quantitative estimate of drug-likeness (QED) is 0.495. The smallest absolute Gasteiger partial charge is 0.338 e. The van der Waals surface area contributed by atoms with E-state index in [2.05, 4.69) is 37.3 Å². The number of H-pyrrole nitrogens is 1. The summed E-state index contributed by atoms with van der Waals surface area (Å²) in [6, 6.07) is 1.51. The predicted molar refractivity (Wildman–Crippen MR) is 65.2 cm³/mol. The zero-order valence-corrected chi connectivity index (χ0v) is 10.6. The first kappa shape index (κ1) is 10.7. The SMILES string of the molecule is COC(=O)c1cc(Cl)nc2[nH]cc(I)c12. The molecule has 2 rings (SSSR count). The second kappa shape index (κ2) is 3.97. The van der Waals surface area contributed by atoms with Gasteiger partial charge in [-0.1, -0.05) is 11.6 Å². The van der Waals surface area contributed by atoms with Crippen LogP contribution in [0.1, 0.15) is 10.4 Å². The molecule has 0 aliphatic carbocycles. The summed E-state index contributed by atoms with van der Waals surface area (Å²) in [4.78, 5) is 18.5. The topological polar surface area (TPSA) is 55.0 Å². The minimum absolute atomic E-state index is 0.265. The molecule has 0 aliphatic rings. The number of esters is 1. The molecule has 0 atom stereocenters. The largest absolute Gasteiger partial charge is 0.465 e.